The molecule has 136 valence electrons. The molecule has 0 aromatic carbocycles. The first-order valence-corrected chi connectivity index (χ1v) is 8.22. The average molecular weight is 364 g/mol. The van der Waals surface area contributed by atoms with Crippen LogP contribution in [-0.4, -0.2) is 51.9 Å². The molecule has 0 aliphatic carbocycles. The molecule has 1 aliphatic rings. The smallest absolute Gasteiger partial charge is 0.348 e. The highest BCUT2D eigenvalue weighted by molar-refractivity contribution is 7.55. The summed E-state index contributed by atoms with van der Waals surface area (Å²) in [6.07, 6.45) is -0.791. The van der Waals surface area contributed by atoms with Crippen molar-refractivity contribution in [2.75, 3.05) is 14.2 Å². The molecule has 1 aromatic rings. The predicted molar refractivity (Wildman–Crippen MR) is 84.7 cm³/mol. The van der Waals surface area contributed by atoms with Crippen molar-refractivity contribution in [3.8, 4) is 0 Å². The van der Waals surface area contributed by atoms with Crippen LogP contribution in [0, 0.1) is 0 Å². The second-order valence-electron chi connectivity index (χ2n) is 4.84. The number of ether oxygens (including phenoxy) is 3. The number of aromatic nitrogens is 2. The Balaban J connectivity index is 0.00000288. The van der Waals surface area contributed by atoms with Gasteiger partial charge in [0.05, 0.1) is 0 Å². The van der Waals surface area contributed by atoms with E-state index in [2.05, 4.69) is 4.98 Å². The SMILES string of the molecule is C.COC1[C@@H](OC)[C@@H](/C=C/P(=O)(O)O)O[C@H]1n1ccc(=O)[nH]c1=O. The van der Waals surface area contributed by atoms with Crippen LogP contribution in [0.25, 0.3) is 0 Å². The van der Waals surface area contributed by atoms with Crippen molar-refractivity contribution in [1.82, 2.24) is 9.55 Å². The summed E-state index contributed by atoms with van der Waals surface area (Å²) in [5, 5.41) is 0. The van der Waals surface area contributed by atoms with Crippen LogP contribution < -0.4 is 11.2 Å². The third kappa shape index (κ3) is 4.50. The standard InChI is InChI=1S/C12H17N2O8P.CH4/c1-20-9-7(4-6-23(17,18)19)22-11(10(9)21-2)14-5-3-8(15)13-12(14)16;/h3-7,9-11H,1-2H3,(H,13,15,16)(H2,17,18,19);1H4/b6-4+;/t7-,9+,10?,11-;/m1./s1. The summed E-state index contributed by atoms with van der Waals surface area (Å²) >= 11 is 0. The molecule has 11 heteroatoms. The summed E-state index contributed by atoms with van der Waals surface area (Å²) < 4.78 is 28.3. The molecule has 10 nitrogen and oxygen atoms in total. The summed E-state index contributed by atoms with van der Waals surface area (Å²) in [6, 6.07) is 1.15. The quantitative estimate of drug-likeness (QED) is 0.610. The molecule has 1 aromatic heterocycles. The van der Waals surface area contributed by atoms with E-state index in [-0.39, 0.29) is 7.43 Å². The van der Waals surface area contributed by atoms with Gasteiger partial charge in [-0.05, 0) is 6.08 Å². The molecular weight excluding hydrogens is 343 g/mol. The van der Waals surface area contributed by atoms with Gasteiger partial charge < -0.3 is 24.0 Å². The summed E-state index contributed by atoms with van der Waals surface area (Å²) in [5.74, 6) is 0.703. The van der Waals surface area contributed by atoms with Gasteiger partial charge in [-0.3, -0.25) is 18.9 Å². The maximum Gasteiger partial charge on any atom is 0.348 e. The minimum atomic E-state index is -4.36. The monoisotopic (exact) mass is 364 g/mol. The third-order valence-corrected chi connectivity index (χ3v) is 3.93. The first-order valence-electron chi connectivity index (χ1n) is 6.54. The molecule has 24 heavy (non-hydrogen) atoms. The van der Waals surface area contributed by atoms with Crippen LogP contribution >= 0.6 is 7.60 Å². The number of H-pyrrole nitrogens is 1. The van der Waals surface area contributed by atoms with Gasteiger partial charge in [-0.2, -0.15) is 0 Å². The number of rotatable bonds is 5. The zero-order valence-corrected chi connectivity index (χ0v) is 13.3. The van der Waals surface area contributed by atoms with E-state index in [0.717, 1.165) is 16.7 Å². The van der Waals surface area contributed by atoms with Crippen LogP contribution in [0.3, 0.4) is 0 Å². The van der Waals surface area contributed by atoms with E-state index < -0.39 is 43.4 Å². The van der Waals surface area contributed by atoms with Gasteiger partial charge in [0.1, 0.15) is 18.3 Å². The lowest BCUT2D eigenvalue weighted by molar-refractivity contribution is -0.0536. The van der Waals surface area contributed by atoms with Crippen molar-refractivity contribution >= 4 is 7.60 Å². The number of methoxy groups -OCH3 is 2. The largest absolute Gasteiger partial charge is 0.375 e. The van der Waals surface area contributed by atoms with Gasteiger partial charge in [-0.1, -0.05) is 7.43 Å². The molecule has 0 amide bonds. The zero-order valence-electron chi connectivity index (χ0n) is 12.4. The van der Waals surface area contributed by atoms with Gasteiger partial charge in [0, 0.05) is 32.3 Å². The Morgan fingerprint density at radius 2 is 1.92 bits per heavy atom. The highest BCUT2D eigenvalue weighted by Gasteiger charge is 2.45. The van der Waals surface area contributed by atoms with E-state index in [0.29, 0.717) is 5.82 Å². The van der Waals surface area contributed by atoms with Crippen LogP contribution in [-0.2, 0) is 18.8 Å². The number of nitrogens with zero attached hydrogens (tertiary/aromatic N) is 1. The second-order valence-corrected chi connectivity index (χ2v) is 6.32. The Kier molecular flexibility index (Phi) is 6.85. The molecule has 0 saturated carbocycles. The summed E-state index contributed by atoms with van der Waals surface area (Å²) in [7, 11) is -1.59. The molecule has 0 bridgehead atoms. The Morgan fingerprint density at radius 1 is 1.29 bits per heavy atom. The fraction of sp³-hybridized carbons (Fsp3) is 0.538. The Morgan fingerprint density at radius 3 is 2.42 bits per heavy atom. The van der Waals surface area contributed by atoms with Gasteiger partial charge in [-0.25, -0.2) is 4.79 Å². The number of nitrogens with one attached hydrogen (secondary N) is 1. The molecule has 1 fully saturated rings. The first-order chi connectivity index (χ1) is 10.8. The predicted octanol–water partition coefficient (Wildman–Crippen LogP) is -0.209. The van der Waals surface area contributed by atoms with E-state index in [4.69, 9.17) is 24.0 Å². The van der Waals surface area contributed by atoms with Gasteiger partial charge in [0.2, 0.25) is 0 Å². The minimum absolute atomic E-state index is 0. The fourth-order valence-corrected chi connectivity index (χ4v) is 2.78. The van der Waals surface area contributed by atoms with E-state index in [1.165, 1.54) is 20.4 Å². The maximum atomic E-state index is 11.9. The highest BCUT2D eigenvalue weighted by Crippen LogP contribution is 2.39. The molecule has 1 saturated heterocycles. The Bertz CT molecular complexity index is 736. The fourth-order valence-electron chi connectivity index (χ4n) is 2.39. The summed E-state index contributed by atoms with van der Waals surface area (Å²) in [6.45, 7) is 0. The lowest BCUT2D eigenvalue weighted by atomic mass is 10.1. The maximum absolute atomic E-state index is 11.9. The molecule has 2 heterocycles. The van der Waals surface area contributed by atoms with Crippen molar-refractivity contribution in [3.05, 3.63) is 45.0 Å². The summed E-state index contributed by atoms with van der Waals surface area (Å²) in [5.41, 5.74) is -1.25. The Hall–Kier alpha value is -1.55. The molecule has 1 aliphatic heterocycles. The number of aromatic amines is 1. The van der Waals surface area contributed by atoms with Crippen molar-refractivity contribution in [2.45, 2.75) is 32.0 Å². The van der Waals surface area contributed by atoms with Gasteiger partial charge in [0.25, 0.3) is 5.56 Å². The van der Waals surface area contributed by atoms with Gasteiger partial charge in [0.15, 0.2) is 6.23 Å². The van der Waals surface area contributed by atoms with E-state index in [9.17, 15) is 14.2 Å². The van der Waals surface area contributed by atoms with E-state index in [1.54, 1.807) is 0 Å². The Labute approximate surface area is 137 Å². The molecule has 4 atom stereocenters. The minimum Gasteiger partial charge on any atom is -0.375 e. The van der Waals surface area contributed by atoms with Crippen LogP contribution in [0.5, 0.6) is 0 Å². The van der Waals surface area contributed by atoms with Gasteiger partial charge in [-0.15, -0.1) is 0 Å². The van der Waals surface area contributed by atoms with Crippen molar-refractivity contribution in [1.29, 1.82) is 0 Å². The average Bonchev–Trinajstić information content (AvgIpc) is 2.81. The summed E-state index contributed by atoms with van der Waals surface area (Å²) in [4.78, 5) is 43.0. The normalized spacial score (nSPS) is 27.3. The van der Waals surface area contributed by atoms with E-state index >= 15 is 0 Å². The van der Waals surface area contributed by atoms with Crippen LogP contribution in [0.2, 0.25) is 0 Å². The highest BCUT2D eigenvalue weighted by atomic mass is 31.2. The molecule has 1 unspecified atom stereocenters. The number of hydrogen-bond acceptors (Lipinski definition) is 6. The van der Waals surface area contributed by atoms with Crippen LogP contribution in [0.15, 0.2) is 33.7 Å². The lowest BCUT2D eigenvalue weighted by Crippen LogP contribution is -2.39. The van der Waals surface area contributed by atoms with Crippen molar-refractivity contribution in [3.63, 3.8) is 0 Å². The first kappa shape index (κ1) is 20.5. The third-order valence-electron chi connectivity index (χ3n) is 3.36. The zero-order chi connectivity index (χ0) is 17.2. The van der Waals surface area contributed by atoms with Gasteiger partial charge >= 0.3 is 13.3 Å². The topological polar surface area (TPSA) is 140 Å². The van der Waals surface area contributed by atoms with E-state index in [1.807, 2.05) is 0 Å². The number of hydrogen-bond donors (Lipinski definition) is 3. The molecule has 0 spiro atoms. The molecule has 3 N–H and O–H groups in total. The van der Waals surface area contributed by atoms with Crippen molar-refractivity contribution < 1.29 is 28.6 Å². The van der Waals surface area contributed by atoms with Crippen LogP contribution in [0.1, 0.15) is 13.7 Å². The van der Waals surface area contributed by atoms with Crippen molar-refractivity contribution in [2.24, 2.45) is 0 Å². The molecule has 2 rings (SSSR count). The molecular formula is C13H21N2O8P. The molecule has 0 radical (unpaired) electrons. The lowest BCUT2D eigenvalue weighted by Gasteiger charge is -2.21. The second kappa shape index (κ2) is 8.02. The van der Waals surface area contributed by atoms with Crippen LogP contribution in [0.4, 0.5) is 0 Å².